The van der Waals surface area contributed by atoms with Crippen LogP contribution < -0.4 is 10.1 Å². The largest absolute Gasteiger partial charge is 0.496 e. The number of hydrogen-bond donors (Lipinski definition) is 1. The van der Waals surface area contributed by atoms with Crippen molar-refractivity contribution in [1.82, 2.24) is 14.7 Å². The lowest BCUT2D eigenvalue weighted by Crippen LogP contribution is -2.27. The van der Waals surface area contributed by atoms with Crippen molar-refractivity contribution in [2.24, 2.45) is 0 Å². The van der Waals surface area contributed by atoms with Crippen LogP contribution in [0.2, 0.25) is 0 Å². The first-order valence-corrected chi connectivity index (χ1v) is 7.90. The zero-order valence-electron chi connectivity index (χ0n) is 14.3. The number of methoxy groups -OCH3 is 1. The van der Waals surface area contributed by atoms with Crippen molar-refractivity contribution in [1.29, 1.82) is 0 Å². The third-order valence-electron chi connectivity index (χ3n) is 4.14. The highest BCUT2D eigenvalue weighted by molar-refractivity contribution is 6.00. The molecule has 2 aromatic heterocycles. The number of carbonyl (C=O) groups is 1. The van der Waals surface area contributed by atoms with Gasteiger partial charge < -0.3 is 14.5 Å². The lowest BCUT2D eigenvalue weighted by molar-refractivity contribution is 0.0941. The van der Waals surface area contributed by atoms with Crippen LogP contribution in [-0.2, 0) is 0 Å². The molecule has 1 unspecified atom stereocenters. The number of para-hydroxylation sites is 1. The second-order valence-electron chi connectivity index (χ2n) is 5.90. The van der Waals surface area contributed by atoms with Gasteiger partial charge in [0.1, 0.15) is 11.4 Å². The van der Waals surface area contributed by atoms with Crippen LogP contribution in [0.15, 0.2) is 42.6 Å². The number of amides is 1. The van der Waals surface area contributed by atoms with E-state index in [2.05, 4.69) is 10.3 Å². The van der Waals surface area contributed by atoms with Crippen molar-refractivity contribution in [2.75, 3.05) is 7.11 Å². The van der Waals surface area contributed by atoms with Gasteiger partial charge >= 0.3 is 0 Å². The fourth-order valence-corrected chi connectivity index (χ4v) is 2.95. The van der Waals surface area contributed by atoms with Gasteiger partial charge in [0, 0.05) is 23.1 Å². The van der Waals surface area contributed by atoms with Crippen molar-refractivity contribution in [2.45, 2.75) is 26.8 Å². The van der Waals surface area contributed by atoms with Gasteiger partial charge in [0.2, 0.25) is 0 Å². The van der Waals surface area contributed by atoms with Gasteiger partial charge in [0.25, 0.3) is 5.91 Å². The zero-order valence-corrected chi connectivity index (χ0v) is 14.3. The summed E-state index contributed by atoms with van der Waals surface area (Å²) in [5, 5.41) is 3.03. The number of rotatable bonds is 4. The summed E-state index contributed by atoms with van der Waals surface area (Å²) < 4.78 is 7.30. The number of ether oxygens (including phenoxy) is 1. The number of aryl methyl sites for hydroxylation is 2. The highest BCUT2D eigenvalue weighted by Gasteiger charge is 2.18. The lowest BCUT2D eigenvalue weighted by Gasteiger charge is -2.17. The van der Waals surface area contributed by atoms with Crippen LogP contribution in [0.1, 0.15) is 40.3 Å². The molecule has 3 aromatic rings. The van der Waals surface area contributed by atoms with Gasteiger partial charge in [-0.15, -0.1) is 0 Å². The third kappa shape index (κ3) is 2.85. The molecule has 1 atom stereocenters. The molecule has 0 spiro atoms. The predicted molar refractivity (Wildman–Crippen MR) is 93.5 cm³/mol. The van der Waals surface area contributed by atoms with Crippen molar-refractivity contribution >= 4 is 11.6 Å². The van der Waals surface area contributed by atoms with E-state index in [1.54, 1.807) is 13.2 Å². The Balaban J connectivity index is 1.90. The standard InChI is InChI=1S/C19H21N3O2/c1-12-11-13(2)22-10-9-16(18(22)20-12)19(23)21-14(3)15-7-5-6-8-17(15)24-4/h5-11,14H,1-4H3,(H,21,23). The van der Waals surface area contributed by atoms with Crippen LogP contribution in [0.4, 0.5) is 0 Å². The monoisotopic (exact) mass is 323 g/mol. The Labute approximate surface area is 141 Å². The Bertz CT molecular complexity index is 899. The molecular weight excluding hydrogens is 302 g/mol. The van der Waals surface area contributed by atoms with E-state index in [0.717, 1.165) is 22.7 Å². The zero-order chi connectivity index (χ0) is 17.3. The van der Waals surface area contributed by atoms with Crippen LogP contribution in [0.3, 0.4) is 0 Å². The summed E-state index contributed by atoms with van der Waals surface area (Å²) in [5.41, 5.74) is 4.14. The second-order valence-corrected chi connectivity index (χ2v) is 5.90. The molecule has 1 amide bonds. The molecule has 5 nitrogen and oxygen atoms in total. The minimum atomic E-state index is -0.172. The van der Waals surface area contributed by atoms with Gasteiger partial charge in [-0.3, -0.25) is 4.79 Å². The van der Waals surface area contributed by atoms with Gasteiger partial charge in [-0.05, 0) is 39.0 Å². The Morgan fingerprint density at radius 1 is 1.25 bits per heavy atom. The number of nitrogens with zero attached hydrogens (tertiary/aromatic N) is 2. The smallest absolute Gasteiger partial charge is 0.255 e. The highest BCUT2D eigenvalue weighted by Crippen LogP contribution is 2.25. The van der Waals surface area contributed by atoms with E-state index in [4.69, 9.17) is 4.74 Å². The van der Waals surface area contributed by atoms with E-state index in [9.17, 15) is 4.79 Å². The van der Waals surface area contributed by atoms with Gasteiger partial charge in [0.15, 0.2) is 0 Å². The second kappa shape index (κ2) is 6.35. The molecule has 0 radical (unpaired) electrons. The SMILES string of the molecule is COc1ccccc1C(C)NC(=O)c1ccn2c(C)cc(C)nc12. The Hall–Kier alpha value is -2.82. The molecule has 0 aliphatic rings. The number of carbonyl (C=O) groups excluding carboxylic acids is 1. The maximum atomic E-state index is 12.7. The Morgan fingerprint density at radius 3 is 2.75 bits per heavy atom. The molecule has 0 saturated carbocycles. The summed E-state index contributed by atoms with van der Waals surface area (Å²) in [6, 6.07) is 11.3. The predicted octanol–water partition coefficient (Wildman–Crippen LogP) is 3.45. The summed E-state index contributed by atoms with van der Waals surface area (Å²) in [6.45, 7) is 5.87. The molecule has 0 bridgehead atoms. The quantitative estimate of drug-likeness (QED) is 0.800. The topological polar surface area (TPSA) is 55.6 Å². The summed E-state index contributed by atoms with van der Waals surface area (Å²) in [5.74, 6) is 0.616. The van der Waals surface area contributed by atoms with E-state index in [-0.39, 0.29) is 11.9 Å². The molecule has 0 aliphatic heterocycles. The molecule has 1 aromatic carbocycles. The first-order chi connectivity index (χ1) is 11.5. The van der Waals surface area contributed by atoms with Crippen LogP contribution in [0.25, 0.3) is 5.65 Å². The highest BCUT2D eigenvalue weighted by atomic mass is 16.5. The molecule has 24 heavy (non-hydrogen) atoms. The third-order valence-corrected chi connectivity index (χ3v) is 4.14. The van der Waals surface area contributed by atoms with E-state index in [1.165, 1.54) is 0 Å². The molecule has 1 N–H and O–H groups in total. The number of nitrogens with one attached hydrogen (secondary N) is 1. The van der Waals surface area contributed by atoms with Gasteiger partial charge in [-0.1, -0.05) is 18.2 Å². The van der Waals surface area contributed by atoms with Crippen molar-refractivity contribution in [3.8, 4) is 5.75 Å². The van der Waals surface area contributed by atoms with E-state index in [1.807, 2.05) is 61.7 Å². The Morgan fingerprint density at radius 2 is 2.00 bits per heavy atom. The van der Waals surface area contributed by atoms with E-state index in [0.29, 0.717) is 11.2 Å². The summed E-state index contributed by atoms with van der Waals surface area (Å²) in [7, 11) is 1.63. The molecule has 0 fully saturated rings. The van der Waals surface area contributed by atoms with Crippen LogP contribution in [0.5, 0.6) is 5.75 Å². The average molecular weight is 323 g/mol. The number of benzene rings is 1. The normalized spacial score (nSPS) is 12.2. The molecule has 124 valence electrons. The first-order valence-electron chi connectivity index (χ1n) is 7.90. The lowest BCUT2D eigenvalue weighted by atomic mass is 10.1. The molecule has 0 aliphatic carbocycles. The maximum Gasteiger partial charge on any atom is 0.255 e. The summed E-state index contributed by atoms with van der Waals surface area (Å²) in [6.07, 6.45) is 1.87. The molecule has 0 saturated heterocycles. The van der Waals surface area contributed by atoms with Crippen LogP contribution >= 0.6 is 0 Å². The van der Waals surface area contributed by atoms with Gasteiger partial charge in [0.05, 0.1) is 18.7 Å². The Kier molecular flexibility index (Phi) is 4.25. The van der Waals surface area contributed by atoms with Crippen molar-refractivity contribution in [3.05, 3.63) is 65.1 Å². The summed E-state index contributed by atoms with van der Waals surface area (Å²) in [4.78, 5) is 17.2. The first kappa shape index (κ1) is 16.1. The van der Waals surface area contributed by atoms with E-state index >= 15 is 0 Å². The maximum absolute atomic E-state index is 12.7. The molecular formula is C19H21N3O2. The fourth-order valence-electron chi connectivity index (χ4n) is 2.95. The van der Waals surface area contributed by atoms with Crippen molar-refractivity contribution in [3.63, 3.8) is 0 Å². The summed E-state index contributed by atoms with van der Waals surface area (Å²) >= 11 is 0. The van der Waals surface area contributed by atoms with Crippen molar-refractivity contribution < 1.29 is 9.53 Å². The van der Waals surface area contributed by atoms with Crippen LogP contribution in [-0.4, -0.2) is 22.4 Å². The molecule has 2 heterocycles. The minimum absolute atomic E-state index is 0.145. The number of aromatic nitrogens is 2. The van der Waals surface area contributed by atoms with Gasteiger partial charge in [-0.2, -0.15) is 0 Å². The average Bonchev–Trinajstić information content (AvgIpc) is 2.98. The number of fused-ring (bicyclic) bond motifs is 1. The van der Waals surface area contributed by atoms with Crippen LogP contribution in [0, 0.1) is 13.8 Å². The minimum Gasteiger partial charge on any atom is -0.496 e. The van der Waals surface area contributed by atoms with E-state index < -0.39 is 0 Å². The fraction of sp³-hybridized carbons (Fsp3) is 0.263. The molecule has 3 rings (SSSR count). The molecule has 5 heteroatoms. The number of hydrogen-bond acceptors (Lipinski definition) is 3. The van der Waals surface area contributed by atoms with Gasteiger partial charge in [-0.25, -0.2) is 4.98 Å².